The number of aliphatic hydroxyl groups excluding tert-OH is 1. The molecule has 0 aliphatic rings. The van der Waals surface area contributed by atoms with Gasteiger partial charge in [0.1, 0.15) is 12.0 Å². The van der Waals surface area contributed by atoms with Gasteiger partial charge in [0, 0.05) is 17.4 Å². The number of nitro groups is 1. The fourth-order valence-electron chi connectivity index (χ4n) is 1.38. The minimum Gasteiger partial charge on any atom is -0.395 e. The maximum absolute atomic E-state index is 10.6. The number of halogens is 1. The third-order valence-electron chi connectivity index (χ3n) is 2.44. The quantitative estimate of drug-likeness (QED) is 0.612. The second-order valence-electron chi connectivity index (χ2n) is 3.67. The second-order valence-corrected chi connectivity index (χ2v) is 5.60. The highest BCUT2D eigenvalue weighted by Crippen LogP contribution is 2.26. The van der Waals surface area contributed by atoms with Crippen LogP contribution in [0.1, 0.15) is 6.92 Å². The Labute approximate surface area is 117 Å². The van der Waals surface area contributed by atoms with Gasteiger partial charge in [-0.25, -0.2) is 4.98 Å². The van der Waals surface area contributed by atoms with E-state index in [9.17, 15) is 15.2 Å². The summed E-state index contributed by atoms with van der Waals surface area (Å²) in [5, 5.41) is 22.9. The largest absolute Gasteiger partial charge is 0.395 e. The van der Waals surface area contributed by atoms with Crippen LogP contribution in [0.2, 0.25) is 0 Å². The molecule has 8 heteroatoms. The average molecular weight is 336 g/mol. The summed E-state index contributed by atoms with van der Waals surface area (Å²) in [6.07, 6.45) is 3.12. The van der Waals surface area contributed by atoms with Crippen LogP contribution in [-0.4, -0.2) is 39.2 Å². The molecule has 0 aliphatic heterocycles. The topological polar surface area (TPSA) is 88.3 Å². The maximum Gasteiger partial charge on any atom is 0.288 e. The Morgan fingerprint density at radius 2 is 2.39 bits per heavy atom. The van der Waals surface area contributed by atoms with Crippen LogP contribution < -0.4 is 5.32 Å². The zero-order valence-corrected chi connectivity index (χ0v) is 12.4. The molecule has 0 bridgehead atoms. The van der Waals surface area contributed by atoms with Crippen molar-refractivity contribution in [1.29, 1.82) is 0 Å². The van der Waals surface area contributed by atoms with Crippen LogP contribution in [0.5, 0.6) is 0 Å². The van der Waals surface area contributed by atoms with Gasteiger partial charge in [0.05, 0.1) is 16.0 Å². The number of thioether (sulfide) groups is 1. The highest BCUT2D eigenvalue weighted by molar-refractivity contribution is 9.10. The number of nitrogens with zero attached hydrogens (tertiary/aromatic N) is 2. The highest BCUT2D eigenvalue weighted by Gasteiger charge is 2.17. The minimum atomic E-state index is -0.497. The Hall–Kier alpha value is -0.860. The van der Waals surface area contributed by atoms with E-state index in [4.69, 9.17) is 0 Å². The lowest BCUT2D eigenvalue weighted by Gasteiger charge is -2.22. The molecule has 0 aromatic carbocycles. The van der Waals surface area contributed by atoms with Crippen molar-refractivity contribution in [1.82, 2.24) is 4.98 Å². The molecule has 0 saturated carbocycles. The summed E-state index contributed by atoms with van der Waals surface area (Å²) in [5.74, 6) is 0.528. The first-order chi connectivity index (χ1) is 8.49. The van der Waals surface area contributed by atoms with Gasteiger partial charge in [0.25, 0.3) is 5.69 Å². The Morgan fingerprint density at radius 3 is 2.83 bits per heavy atom. The molecule has 0 spiro atoms. The van der Waals surface area contributed by atoms with Crippen LogP contribution in [0.15, 0.2) is 16.7 Å². The molecule has 18 heavy (non-hydrogen) atoms. The Kier molecular flexibility index (Phi) is 5.83. The molecule has 2 atom stereocenters. The lowest BCUT2D eigenvalue weighted by molar-refractivity contribution is -0.385. The number of anilines is 1. The molecule has 100 valence electrons. The molecule has 0 radical (unpaired) electrons. The van der Waals surface area contributed by atoms with E-state index in [0.717, 1.165) is 0 Å². The van der Waals surface area contributed by atoms with Crippen LogP contribution >= 0.6 is 27.7 Å². The van der Waals surface area contributed by atoms with Crippen LogP contribution in [0, 0.1) is 10.1 Å². The van der Waals surface area contributed by atoms with E-state index in [1.807, 2.05) is 13.2 Å². The molecule has 1 heterocycles. The molecule has 0 amide bonds. The SMILES string of the molecule is CS[C@@H](CO)[C@H](C)Nc1ncc([N+](=O)[O-])cc1Br. The maximum atomic E-state index is 10.6. The van der Waals surface area contributed by atoms with Crippen LogP contribution in [0.3, 0.4) is 0 Å². The van der Waals surface area contributed by atoms with Gasteiger partial charge in [0.15, 0.2) is 0 Å². The molecule has 0 aliphatic carbocycles. The number of aromatic nitrogens is 1. The lowest BCUT2D eigenvalue weighted by atomic mass is 10.2. The smallest absolute Gasteiger partial charge is 0.288 e. The number of pyridine rings is 1. The number of hydrogen-bond acceptors (Lipinski definition) is 6. The summed E-state index contributed by atoms with van der Waals surface area (Å²) in [6, 6.07) is 1.39. The molecule has 0 saturated heterocycles. The van der Waals surface area contributed by atoms with Crippen molar-refractivity contribution in [2.75, 3.05) is 18.2 Å². The van der Waals surface area contributed by atoms with Crippen molar-refractivity contribution in [2.24, 2.45) is 0 Å². The fraction of sp³-hybridized carbons (Fsp3) is 0.500. The number of hydrogen-bond donors (Lipinski definition) is 2. The first-order valence-electron chi connectivity index (χ1n) is 5.19. The van der Waals surface area contributed by atoms with Gasteiger partial charge in [-0.3, -0.25) is 10.1 Å². The Morgan fingerprint density at radius 1 is 1.72 bits per heavy atom. The molecule has 6 nitrogen and oxygen atoms in total. The minimum absolute atomic E-state index is 0.00439. The number of nitrogens with one attached hydrogen (secondary N) is 1. The molecule has 0 fully saturated rings. The van der Waals surface area contributed by atoms with Gasteiger partial charge in [-0.1, -0.05) is 0 Å². The van der Waals surface area contributed by atoms with Crippen LogP contribution in [-0.2, 0) is 0 Å². The van der Waals surface area contributed by atoms with Crippen molar-refractivity contribution in [3.05, 3.63) is 26.9 Å². The van der Waals surface area contributed by atoms with Gasteiger partial charge in [0.2, 0.25) is 0 Å². The second kappa shape index (κ2) is 6.91. The van der Waals surface area contributed by atoms with Gasteiger partial charge in [-0.05, 0) is 29.1 Å². The molecular weight excluding hydrogens is 322 g/mol. The molecule has 0 unspecified atom stereocenters. The van der Waals surface area contributed by atoms with E-state index in [-0.39, 0.29) is 23.6 Å². The average Bonchev–Trinajstić information content (AvgIpc) is 2.33. The summed E-state index contributed by atoms with van der Waals surface area (Å²) in [6.45, 7) is 1.98. The van der Waals surface area contributed by atoms with E-state index < -0.39 is 4.92 Å². The highest BCUT2D eigenvalue weighted by atomic mass is 79.9. The standard InChI is InChI=1S/C10H14BrN3O3S/c1-6(9(5-15)18-2)13-10-8(11)3-7(4-12-10)14(16)17/h3-4,6,9,15H,5H2,1-2H3,(H,12,13)/t6-,9-/m0/s1. The predicted octanol–water partition coefficient (Wildman–Crippen LogP) is 2.28. The zero-order valence-electron chi connectivity index (χ0n) is 9.96. The Bertz CT molecular complexity index is 429. The monoisotopic (exact) mass is 335 g/mol. The first-order valence-corrected chi connectivity index (χ1v) is 7.27. The summed E-state index contributed by atoms with van der Waals surface area (Å²) >= 11 is 4.79. The molecule has 1 aromatic heterocycles. The fourth-order valence-corrected chi connectivity index (χ4v) is 2.46. The Balaban J connectivity index is 2.82. The van der Waals surface area contributed by atoms with Gasteiger partial charge < -0.3 is 10.4 Å². The molecular formula is C10H14BrN3O3S. The predicted molar refractivity (Wildman–Crippen MR) is 76.1 cm³/mol. The van der Waals surface area contributed by atoms with Gasteiger partial charge in [-0.15, -0.1) is 0 Å². The summed E-state index contributed by atoms with van der Waals surface area (Å²) in [5.41, 5.74) is -0.0661. The zero-order chi connectivity index (χ0) is 13.7. The van der Waals surface area contributed by atoms with Gasteiger partial charge in [-0.2, -0.15) is 11.8 Å². The first kappa shape index (κ1) is 15.2. The van der Waals surface area contributed by atoms with Crippen LogP contribution in [0.4, 0.5) is 11.5 Å². The number of aliphatic hydroxyl groups is 1. The van der Waals surface area contributed by atoms with Crippen molar-refractivity contribution in [2.45, 2.75) is 18.2 Å². The molecule has 2 N–H and O–H groups in total. The lowest BCUT2D eigenvalue weighted by Crippen LogP contribution is -2.31. The molecule has 1 aromatic rings. The van der Waals surface area contributed by atoms with Crippen molar-refractivity contribution >= 4 is 39.2 Å². The van der Waals surface area contributed by atoms with Crippen LogP contribution in [0.25, 0.3) is 0 Å². The summed E-state index contributed by atoms with van der Waals surface area (Å²) in [7, 11) is 0. The third-order valence-corrected chi connectivity index (χ3v) is 4.21. The van der Waals surface area contributed by atoms with E-state index >= 15 is 0 Å². The summed E-state index contributed by atoms with van der Waals surface area (Å²) in [4.78, 5) is 14.1. The van der Waals surface area contributed by atoms with E-state index in [1.54, 1.807) is 11.8 Å². The van der Waals surface area contributed by atoms with E-state index in [2.05, 4.69) is 26.2 Å². The molecule has 1 rings (SSSR count). The van der Waals surface area contributed by atoms with Crippen molar-refractivity contribution in [3.63, 3.8) is 0 Å². The van der Waals surface area contributed by atoms with E-state index in [1.165, 1.54) is 12.3 Å². The third kappa shape index (κ3) is 3.82. The summed E-state index contributed by atoms with van der Waals surface area (Å²) < 4.78 is 0.529. The number of rotatable bonds is 6. The van der Waals surface area contributed by atoms with Gasteiger partial charge >= 0.3 is 0 Å². The van der Waals surface area contributed by atoms with E-state index in [0.29, 0.717) is 10.3 Å². The van der Waals surface area contributed by atoms with Crippen molar-refractivity contribution < 1.29 is 10.0 Å². The normalized spacial score (nSPS) is 14.0. The van der Waals surface area contributed by atoms with Crippen molar-refractivity contribution in [3.8, 4) is 0 Å².